The number of nitro groups is 1. The fraction of sp³-hybridized carbons (Fsp3) is 0.455. The smallest absolute Gasteiger partial charge is 0.288 e. The molecule has 0 aliphatic heterocycles. The van der Waals surface area contributed by atoms with Crippen molar-refractivity contribution in [3.63, 3.8) is 0 Å². The van der Waals surface area contributed by atoms with Gasteiger partial charge in [-0.05, 0) is 18.8 Å². The van der Waals surface area contributed by atoms with Crippen LogP contribution in [0.5, 0.6) is 0 Å². The summed E-state index contributed by atoms with van der Waals surface area (Å²) in [6.45, 7) is 0.544. The molecule has 1 heterocycles. The van der Waals surface area contributed by atoms with E-state index >= 15 is 0 Å². The number of anilines is 1. The van der Waals surface area contributed by atoms with Crippen molar-refractivity contribution in [2.24, 2.45) is 11.7 Å². The Morgan fingerprint density at radius 1 is 1.63 bits per heavy atom. The van der Waals surface area contributed by atoms with Crippen LogP contribution in [0.4, 0.5) is 11.5 Å². The van der Waals surface area contributed by atoms with Crippen molar-refractivity contribution in [3.8, 4) is 0 Å². The number of hydrogen-bond acceptors (Lipinski definition) is 6. The van der Waals surface area contributed by atoms with E-state index in [9.17, 15) is 14.9 Å². The number of nitrogens with two attached hydrogens (primary N) is 1. The van der Waals surface area contributed by atoms with Crippen LogP contribution >= 0.6 is 0 Å². The Labute approximate surface area is 108 Å². The van der Waals surface area contributed by atoms with Crippen LogP contribution in [-0.4, -0.2) is 33.6 Å². The van der Waals surface area contributed by atoms with Crippen molar-refractivity contribution in [2.45, 2.75) is 18.9 Å². The van der Waals surface area contributed by atoms with Crippen molar-refractivity contribution in [3.05, 3.63) is 27.9 Å². The lowest BCUT2D eigenvalue weighted by Crippen LogP contribution is -2.33. The molecular formula is C11H14N4O4. The molecule has 1 amide bonds. The molecule has 102 valence electrons. The monoisotopic (exact) mass is 266 g/mol. The maximum atomic E-state index is 11.3. The number of rotatable bonds is 5. The molecule has 0 saturated heterocycles. The van der Waals surface area contributed by atoms with Gasteiger partial charge in [0.25, 0.3) is 11.6 Å². The minimum absolute atomic E-state index is 0.00549. The number of amides is 1. The zero-order chi connectivity index (χ0) is 14.0. The van der Waals surface area contributed by atoms with Crippen molar-refractivity contribution in [2.75, 3.05) is 11.9 Å². The van der Waals surface area contributed by atoms with Gasteiger partial charge in [0.15, 0.2) is 0 Å². The molecule has 1 aromatic rings. The summed E-state index contributed by atoms with van der Waals surface area (Å²) in [5.41, 5.74) is 4.89. The standard InChI is InChI=1S/C11H14N4O4/c12-10(17)9-3-7(15(18)19)5-14-11(9)13-4-6-1-8(16)2-6/h3,5-6,8,16H,1-2,4H2,(H2,12,17)(H,13,14). The van der Waals surface area contributed by atoms with Gasteiger partial charge in [-0.25, -0.2) is 4.98 Å². The van der Waals surface area contributed by atoms with Crippen LogP contribution in [0, 0.1) is 16.0 Å². The molecule has 0 bridgehead atoms. The molecule has 19 heavy (non-hydrogen) atoms. The van der Waals surface area contributed by atoms with Crippen LogP contribution in [0.25, 0.3) is 0 Å². The number of carbonyl (C=O) groups excluding carboxylic acids is 1. The van der Waals surface area contributed by atoms with E-state index in [2.05, 4.69) is 10.3 Å². The van der Waals surface area contributed by atoms with E-state index in [1.807, 2.05) is 0 Å². The first-order valence-corrected chi connectivity index (χ1v) is 5.83. The summed E-state index contributed by atoms with van der Waals surface area (Å²) in [6, 6.07) is 1.10. The van der Waals surface area contributed by atoms with Crippen LogP contribution in [-0.2, 0) is 0 Å². The molecule has 0 atom stereocenters. The second kappa shape index (κ2) is 5.19. The maximum Gasteiger partial charge on any atom is 0.288 e. The van der Waals surface area contributed by atoms with Gasteiger partial charge in [0, 0.05) is 12.6 Å². The Kier molecular flexibility index (Phi) is 3.61. The van der Waals surface area contributed by atoms with Crippen molar-refractivity contribution < 1.29 is 14.8 Å². The predicted octanol–water partition coefficient (Wildman–Crippen LogP) is 0.271. The molecule has 0 radical (unpaired) electrons. The minimum Gasteiger partial charge on any atom is -0.393 e. The number of aromatic nitrogens is 1. The number of hydrogen-bond donors (Lipinski definition) is 3. The zero-order valence-electron chi connectivity index (χ0n) is 10.1. The molecule has 1 fully saturated rings. The first-order valence-electron chi connectivity index (χ1n) is 5.83. The lowest BCUT2D eigenvalue weighted by Gasteiger charge is -2.31. The molecule has 2 rings (SSSR count). The number of aliphatic hydroxyl groups excluding tert-OH is 1. The maximum absolute atomic E-state index is 11.3. The largest absolute Gasteiger partial charge is 0.393 e. The molecule has 0 spiro atoms. The van der Waals surface area contributed by atoms with Crippen molar-refractivity contribution in [1.82, 2.24) is 4.98 Å². The van der Waals surface area contributed by atoms with Gasteiger partial charge >= 0.3 is 0 Å². The summed E-state index contributed by atoms with van der Waals surface area (Å²) in [5, 5.41) is 22.7. The molecule has 1 saturated carbocycles. The Bertz CT molecular complexity index is 513. The zero-order valence-corrected chi connectivity index (χ0v) is 10.1. The molecule has 8 nitrogen and oxygen atoms in total. The number of primary amides is 1. The lowest BCUT2D eigenvalue weighted by molar-refractivity contribution is -0.385. The number of pyridine rings is 1. The molecule has 0 unspecified atom stereocenters. The third-order valence-corrected chi connectivity index (χ3v) is 3.12. The average molecular weight is 266 g/mol. The normalized spacial score (nSPS) is 21.5. The molecular weight excluding hydrogens is 252 g/mol. The lowest BCUT2D eigenvalue weighted by atomic mass is 9.82. The van der Waals surface area contributed by atoms with Crippen LogP contribution in [0.1, 0.15) is 23.2 Å². The SMILES string of the molecule is NC(=O)c1cc([N+](=O)[O-])cnc1NCC1CC(O)C1. The average Bonchev–Trinajstić information content (AvgIpc) is 2.32. The van der Waals surface area contributed by atoms with Gasteiger partial charge < -0.3 is 16.2 Å². The predicted molar refractivity (Wildman–Crippen MR) is 66.6 cm³/mol. The highest BCUT2D eigenvalue weighted by molar-refractivity contribution is 5.98. The van der Waals surface area contributed by atoms with Gasteiger partial charge in [-0.1, -0.05) is 0 Å². The van der Waals surface area contributed by atoms with Crippen molar-refractivity contribution in [1.29, 1.82) is 0 Å². The Morgan fingerprint density at radius 2 is 2.32 bits per heavy atom. The Morgan fingerprint density at radius 3 is 2.84 bits per heavy atom. The van der Waals surface area contributed by atoms with E-state index in [-0.39, 0.29) is 23.2 Å². The van der Waals surface area contributed by atoms with E-state index in [4.69, 9.17) is 10.8 Å². The highest BCUT2D eigenvalue weighted by Crippen LogP contribution is 2.27. The molecule has 1 aromatic heterocycles. The van der Waals surface area contributed by atoms with Crippen LogP contribution in [0.15, 0.2) is 12.3 Å². The highest BCUT2D eigenvalue weighted by Gasteiger charge is 2.27. The topological polar surface area (TPSA) is 131 Å². The first kappa shape index (κ1) is 13.2. The van der Waals surface area contributed by atoms with Crippen molar-refractivity contribution >= 4 is 17.4 Å². The van der Waals surface area contributed by atoms with E-state index in [1.54, 1.807) is 0 Å². The van der Waals surface area contributed by atoms with Gasteiger partial charge in [-0.3, -0.25) is 14.9 Å². The van der Waals surface area contributed by atoms with Gasteiger partial charge in [-0.2, -0.15) is 0 Å². The van der Waals surface area contributed by atoms with Gasteiger partial charge in [0.05, 0.1) is 16.6 Å². The summed E-state index contributed by atoms with van der Waals surface area (Å²) in [7, 11) is 0. The molecule has 0 aromatic carbocycles. The van der Waals surface area contributed by atoms with Gasteiger partial charge in [-0.15, -0.1) is 0 Å². The number of carbonyl (C=O) groups is 1. The van der Waals surface area contributed by atoms with E-state index < -0.39 is 10.8 Å². The van der Waals surface area contributed by atoms with Crippen LogP contribution in [0.3, 0.4) is 0 Å². The Hall–Kier alpha value is -2.22. The highest BCUT2D eigenvalue weighted by atomic mass is 16.6. The fourth-order valence-corrected chi connectivity index (χ4v) is 1.99. The Balaban J connectivity index is 2.10. The summed E-state index contributed by atoms with van der Waals surface area (Å²) >= 11 is 0. The minimum atomic E-state index is -0.771. The summed E-state index contributed by atoms with van der Waals surface area (Å²) in [4.78, 5) is 25.1. The molecule has 1 aliphatic rings. The third-order valence-electron chi connectivity index (χ3n) is 3.12. The molecule has 1 aliphatic carbocycles. The third kappa shape index (κ3) is 2.97. The van der Waals surface area contributed by atoms with Crippen LogP contribution in [0.2, 0.25) is 0 Å². The van der Waals surface area contributed by atoms with Crippen LogP contribution < -0.4 is 11.1 Å². The number of aliphatic hydroxyl groups is 1. The summed E-state index contributed by atoms with van der Waals surface area (Å²) < 4.78 is 0. The van der Waals surface area contributed by atoms with E-state index in [0.717, 1.165) is 12.3 Å². The van der Waals surface area contributed by atoms with E-state index in [0.29, 0.717) is 25.3 Å². The van der Waals surface area contributed by atoms with Gasteiger partial charge in [0.1, 0.15) is 12.0 Å². The first-order chi connectivity index (χ1) is 8.97. The fourth-order valence-electron chi connectivity index (χ4n) is 1.99. The molecule has 4 N–H and O–H groups in total. The van der Waals surface area contributed by atoms with Gasteiger partial charge in [0.2, 0.25) is 0 Å². The second-order valence-corrected chi connectivity index (χ2v) is 4.58. The summed E-state index contributed by atoms with van der Waals surface area (Å²) in [6.07, 6.45) is 2.22. The quantitative estimate of drug-likeness (QED) is 0.517. The van der Waals surface area contributed by atoms with E-state index in [1.165, 1.54) is 0 Å². The number of nitrogens with one attached hydrogen (secondary N) is 1. The second-order valence-electron chi connectivity index (χ2n) is 4.58. The number of nitrogens with zero attached hydrogens (tertiary/aromatic N) is 2. The molecule has 8 heteroatoms. The summed E-state index contributed by atoms with van der Waals surface area (Å²) in [5.74, 6) is -0.223.